The van der Waals surface area contributed by atoms with Crippen molar-refractivity contribution in [2.45, 2.75) is 25.4 Å². The van der Waals surface area contributed by atoms with Gasteiger partial charge in [0.1, 0.15) is 0 Å². The van der Waals surface area contributed by atoms with Crippen LogP contribution >= 0.6 is 15.9 Å². The van der Waals surface area contributed by atoms with E-state index in [1.54, 1.807) is 0 Å². The first-order chi connectivity index (χ1) is 4.77. The van der Waals surface area contributed by atoms with E-state index >= 15 is 0 Å². The second-order valence-electron chi connectivity index (χ2n) is 3.33. The van der Waals surface area contributed by atoms with Gasteiger partial charge in [-0.15, -0.1) is 0 Å². The number of rotatable bonds is 0. The van der Waals surface area contributed by atoms with Crippen LogP contribution in [0.4, 0.5) is 0 Å². The summed E-state index contributed by atoms with van der Waals surface area (Å²) < 4.78 is 1.02. The number of hydrogen-bond acceptors (Lipinski definition) is 1. The third kappa shape index (κ3) is 0.940. The number of allylic oxidation sites excluding steroid dienone is 1. The lowest BCUT2D eigenvalue weighted by Crippen LogP contribution is -2.21. The quantitative estimate of drug-likeness (QED) is 0.638. The van der Waals surface area contributed by atoms with E-state index in [2.05, 4.69) is 22.0 Å². The Morgan fingerprint density at radius 3 is 3.10 bits per heavy atom. The Morgan fingerprint density at radius 2 is 2.30 bits per heavy atom. The van der Waals surface area contributed by atoms with Crippen LogP contribution in [0.15, 0.2) is 10.6 Å². The van der Waals surface area contributed by atoms with E-state index < -0.39 is 0 Å². The number of aliphatic hydroxyl groups is 1. The van der Waals surface area contributed by atoms with Gasteiger partial charge in [0.15, 0.2) is 0 Å². The molecule has 0 heterocycles. The van der Waals surface area contributed by atoms with Crippen LogP contribution in [-0.4, -0.2) is 11.2 Å². The molecule has 10 heavy (non-hydrogen) atoms. The lowest BCUT2D eigenvalue weighted by molar-refractivity contribution is 0.146. The highest BCUT2D eigenvalue weighted by atomic mass is 79.9. The Bertz CT molecular complexity index is 176. The number of halogens is 1. The van der Waals surface area contributed by atoms with Gasteiger partial charge in [-0.25, -0.2) is 0 Å². The van der Waals surface area contributed by atoms with Crippen molar-refractivity contribution in [3.8, 4) is 0 Å². The maximum absolute atomic E-state index is 9.55. The van der Waals surface area contributed by atoms with E-state index in [0.29, 0.717) is 5.92 Å². The molecule has 0 saturated heterocycles. The van der Waals surface area contributed by atoms with Crippen LogP contribution in [-0.2, 0) is 0 Å². The van der Waals surface area contributed by atoms with E-state index in [1.807, 2.05) is 0 Å². The second kappa shape index (κ2) is 2.35. The predicted molar refractivity (Wildman–Crippen MR) is 43.8 cm³/mol. The maximum atomic E-state index is 9.55. The van der Waals surface area contributed by atoms with Crippen LogP contribution in [0.2, 0.25) is 0 Å². The van der Waals surface area contributed by atoms with Gasteiger partial charge in [0, 0.05) is 4.48 Å². The zero-order valence-corrected chi connectivity index (χ0v) is 7.34. The highest BCUT2D eigenvalue weighted by Crippen LogP contribution is 2.42. The van der Waals surface area contributed by atoms with Gasteiger partial charge in [0.05, 0.1) is 6.10 Å². The van der Waals surface area contributed by atoms with Crippen LogP contribution in [0.1, 0.15) is 19.3 Å². The zero-order valence-electron chi connectivity index (χ0n) is 5.76. The van der Waals surface area contributed by atoms with E-state index in [9.17, 15) is 5.11 Å². The SMILES string of the molecule is OC1C(Br)=CC2CCC1C2. The molecule has 0 spiro atoms. The molecular weight excluding hydrogens is 192 g/mol. The van der Waals surface area contributed by atoms with Crippen molar-refractivity contribution in [3.63, 3.8) is 0 Å². The molecule has 2 bridgehead atoms. The van der Waals surface area contributed by atoms with Crippen LogP contribution in [0, 0.1) is 11.8 Å². The minimum atomic E-state index is -0.196. The van der Waals surface area contributed by atoms with Crippen molar-refractivity contribution in [2.75, 3.05) is 0 Å². The number of hydrogen-bond donors (Lipinski definition) is 1. The predicted octanol–water partition coefficient (Wildman–Crippen LogP) is 2.06. The first kappa shape index (κ1) is 6.86. The summed E-state index contributed by atoms with van der Waals surface area (Å²) in [5.74, 6) is 1.30. The van der Waals surface area contributed by atoms with Gasteiger partial charge in [-0.05, 0) is 31.1 Å². The van der Waals surface area contributed by atoms with Crippen molar-refractivity contribution < 1.29 is 5.11 Å². The Morgan fingerprint density at radius 1 is 1.50 bits per heavy atom. The molecule has 3 unspecified atom stereocenters. The van der Waals surface area contributed by atoms with Gasteiger partial charge in [-0.3, -0.25) is 0 Å². The fraction of sp³-hybridized carbons (Fsp3) is 0.750. The third-order valence-electron chi connectivity index (χ3n) is 2.64. The molecule has 0 aromatic rings. The van der Waals surface area contributed by atoms with Crippen LogP contribution in [0.25, 0.3) is 0 Å². The highest BCUT2D eigenvalue weighted by molar-refractivity contribution is 9.11. The molecule has 1 nitrogen and oxygen atoms in total. The van der Waals surface area contributed by atoms with E-state index in [1.165, 1.54) is 19.3 Å². The van der Waals surface area contributed by atoms with Gasteiger partial charge in [0.25, 0.3) is 0 Å². The summed E-state index contributed by atoms with van der Waals surface area (Å²) in [7, 11) is 0. The summed E-state index contributed by atoms with van der Waals surface area (Å²) in [6, 6.07) is 0. The Kier molecular flexibility index (Phi) is 1.61. The van der Waals surface area contributed by atoms with Crippen molar-refractivity contribution in [1.82, 2.24) is 0 Å². The summed E-state index contributed by atoms with van der Waals surface area (Å²) in [5.41, 5.74) is 0. The van der Waals surface area contributed by atoms with E-state index in [4.69, 9.17) is 0 Å². The molecule has 2 aliphatic carbocycles. The van der Waals surface area contributed by atoms with E-state index in [0.717, 1.165) is 10.4 Å². The molecular formula is C8H11BrO. The van der Waals surface area contributed by atoms with Gasteiger partial charge in [-0.2, -0.15) is 0 Å². The molecule has 0 aliphatic heterocycles. The molecule has 0 aromatic carbocycles. The van der Waals surface area contributed by atoms with Crippen molar-refractivity contribution >= 4 is 15.9 Å². The molecule has 1 fully saturated rings. The van der Waals surface area contributed by atoms with Crippen LogP contribution in [0.3, 0.4) is 0 Å². The topological polar surface area (TPSA) is 20.2 Å². The molecule has 2 aliphatic rings. The molecule has 3 atom stereocenters. The van der Waals surface area contributed by atoms with Gasteiger partial charge in [0.2, 0.25) is 0 Å². The Hall–Kier alpha value is 0.180. The molecule has 1 saturated carbocycles. The molecule has 0 amide bonds. The Balaban J connectivity index is 2.25. The summed E-state index contributed by atoms with van der Waals surface area (Å²) in [6.45, 7) is 0. The molecule has 0 radical (unpaired) electrons. The first-order valence-corrected chi connectivity index (χ1v) is 4.62. The summed E-state index contributed by atoms with van der Waals surface area (Å²) >= 11 is 3.39. The minimum absolute atomic E-state index is 0.196. The zero-order chi connectivity index (χ0) is 7.14. The molecule has 2 heteroatoms. The smallest absolute Gasteiger partial charge is 0.0879 e. The fourth-order valence-electron chi connectivity index (χ4n) is 2.04. The summed E-state index contributed by atoms with van der Waals surface area (Å²) in [4.78, 5) is 0. The Labute approximate surface area is 69.3 Å². The first-order valence-electron chi connectivity index (χ1n) is 3.82. The van der Waals surface area contributed by atoms with Crippen molar-refractivity contribution in [2.24, 2.45) is 11.8 Å². The number of fused-ring (bicyclic) bond motifs is 2. The van der Waals surface area contributed by atoms with Gasteiger partial charge >= 0.3 is 0 Å². The van der Waals surface area contributed by atoms with E-state index in [-0.39, 0.29) is 6.10 Å². The summed E-state index contributed by atoms with van der Waals surface area (Å²) in [5, 5.41) is 9.55. The third-order valence-corrected chi connectivity index (χ3v) is 3.37. The normalized spacial score (nSPS) is 45.4. The van der Waals surface area contributed by atoms with Crippen LogP contribution < -0.4 is 0 Å². The molecule has 1 N–H and O–H groups in total. The average molecular weight is 203 g/mol. The summed E-state index contributed by atoms with van der Waals surface area (Å²) in [6.07, 6.45) is 5.66. The fourth-order valence-corrected chi connectivity index (χ4v) is 2.79. The van der Waals surface area contributed by atoms with Crippen molar-refractivity contribution in [3.05, 3.63) is 10.6 Å². The standard InChI is InChI=1S/C8H11BrO/c9-7-4-5-1-2-6(3-5)8(7)10/h4-6,8,10H,1-3H2. The molecule has 0 aromatic heterocycles. The largest absolute Gasteiger partial charge is 0.388 e. The minimum Gasteiger partial charge on any atom is -0.388 e. The molecule has 2 rings (SSSR count). The average Bonchev–Trinajstić information content (AvgIpc) is 2.29. The molecule has 56 valence electrons. The van der Waals surface area contributed by atoms with Gasteiger partial charge in [-0.1, -0.05) is 22.0 Å². The monoisotopic (exact) mass is 202 g/mol. The number of aliphatic hydroxyl groups excluding tert-OH is 1. The lowest BCUT2D eigenvalue weighted by atomic mass is 9.93. The lowest BCUT2D eigenvalue weighted by Gasteiger charge is -2.21. The highest BCUT2D eigenvalue weighted by Gasteiger charge is 2.34. The van der Waals surface area contributed by atoms with Crippen LogP contribution in [0.5, 0.6) is 0 Å². The maximum Gasteiger partial charge on any atom is 0.0879 e. The van der Waals surface area contributed by atoms with Gasteiger partial charge < -0.3 is 5.11 Å². The van der Waals surface area contributed by atoms with Crippen molar-refractivity contribution in [1.29, 1.82) is 0 Å². The second-order valence-corrected chi connectivity index (χ2v) is 4.25.